The Labute approximate surface area is 183 Å². The van der Waals surface area contributed by atoms with E-state index < -0.39 is 23.4 Å². The number of ether oxygens (including phenoxy) is 2. The minimum atomic E-state index is -0.827. The van der Waals surface area contributed by atoms with Crippen molar-refractivity contribution in [3.8, 4) is 0 Å². The molecule has 0 saturated carbocycles. The molecule has 0 radical (unpaired) electrons. The number of carbonyl (C=O) groups is 2. The van der Waals surface area contributed by atoms with Gasteiger partial charge in [0.05, 0.1) is 0 Å². The molecule has 7 nitrogen and oxygen atoms in total. The Bertz CT molecular complexity index is 909. The molecular formula is C24H31N3O4. The largest absolute Gasteiger partial charge is 0.444 e. The summed E-state index contributed by atoms with van der Waals surface area (Å²) < 4.78 is 10.5. The van der Waals surface area contributed by atoms with E-state index in [4.69, 9.17) is 9.47 Å². The molecular weight excluding hydrogens is 394 g/mol. The molecule has 0 aliphatic heterocycles. The van der Waals surface area contributed by atoms with Crippen LogP contribution >= 0.6 is 0 Å². The predicted molar refractivity (Wildman–Crippen MR) is 122 cm³/mol. The van der Waals surface area contributed by atoms with Crippen LogP contribution in [0.4, 0.5) is 15.3 Å². The van der Waals surface area contributed by atoms with Gasteiger partial charge in [-0.2, -0.15) is 0 Å². The van der Waals surface area contributed by atoms with E-state index in [-0.39, 0.29) is 5.96 Å². The topological polar surface area (TPSA) is 89.0 Å². The lowest BCUT2D eigenvalue weighted by Gasteiger charge is -2.21. The van der Waals surface area contributed by atoms with Gasteiger partial charge in [-0.1, -0.05) is 42.5 Å². The molecule has 0 unspecified atom stereocenters. The first-order valence-electron chi connectivity index (χ1n) is 10.1. The minimum Gasteiger partial charge on any atom is -0.444 e. The molecule has 2 amide bonds. The molecule has 2 aromatic carbocycles. The van der Waals surface area contributed by atoms with Crippen LogP contribution in [0.5, 0.6) is 0 Å². The highest BCUT2D eigenvalue weighted by atomic mass is 16.6. The van der Waals surface area contributed by atoms with Gasteiger partial charge in [-0.15, -0.1) is 4.99 Å². The maximum atomic E-state index is 12.2. The first kappa shape index (κ1) is 23.9. The molecule has 0 aromatic heterocycles. The fourth-order valence-corrected chi connectivity index (χ4v) is 2.54. The second kappa shape index (κ2) is 10.1. The lowest BCUT2D eigenvalue weighted by molar-refractivity contribution is 0.0562. The average molecular weight is 426 g/mol. The van der Waals surface area contributed by atoms with Gasteiger partial charge >= 0.3 is 12.2 Å². The Hall–Kier alpha value is -3.35. The van der Waals surface area contributed by atoms with Crippen LogP contribution in [0.3, 0.4) is 0 Å². The predicted octanol–water partition coefficient (Wildman–Crippen LogP) is 5.51. The first-order chi connectivity index (χ1) is 14.4. The van der Waals surface area contributed by atoms with Crippen LogP contribution in [0.25, 0.3) is 0 Å². The summed E-state index contributed by atoms with van der Waals surface area (Å²) in [7, 11) is 0. The summed E-state index contributed by atoms with van der Waals surface area (Å²) in [5, 5.41) is 5.41. The third kappa shape index (κ3) is 9.80. The summed E-state index contributed by atoms with van der Waals surface area (Å²) >= 11 is 0. The van der Waals surface area contributed by atoms with Gasteiger partial charge in [0.2, 0.25) is 5.96 Å². The van der Waals surface area contributed by atoms with E-state index in [0.29, 0.717) is 5.69 Å². The second-order valence-electron chi connectivity index (χ2n) is 9.05. The number of carbonyl (C=O) groups excluding carboxylic acids is 2. The number of guanidine groups is 1. The summed E-state index contributed by atoms with van der Waals surface area (Å²) in [5.74, 6) is -0.0840. The maximum Gasteiger partial charge on any atom is 0.437 e. The van der Waals surface area contributed by atoms with Crippen molar-refractivity contribution in [3.63, 3.8) is 0 Å². The normalized spacial score (nSPS) is 12.1. The lowest BCUT2D eigenvalue weighted by atomic mass is 10.0. The van der Waals surface area contributed by atoms with Gasteiger partial charge in [0.15, 0.2) is 0 Å². The van der Waals surface area contributed by atoms with Crippen molar-refractivity contribution >= 4 is 23.8 Å². The second-order valence-corrected chi connectivity index (χ2v) is 9.05. The Morgan fingerprint density at radius 1 is 0.806 bits per heavy atom. The number of alkyl carbamates (subject to hydrolysis) is 1. The van der Waals surface area contributed by atoms with Crippen LogP contribution in [0.1, 0.15) is 52.7 Å². The summed E-state index contributed by atoms with van der Waals surface area (Å²) in [5.41, 5.74) is 1.58. The number of nitrogens with zero attached hydrogens (tertiary/aromatic N) is 1. The summed E-state index contributed by atoms with van der Waals surface area (Å²) in [6, 6.07) is 17.8. The standard InChI is InChI=1S/C24H31N3O4/c1-23(2,3)30-21(28)26-20(27-22(29)31-24(4,5)6)25-19-14-12-18(13-15-19)16-17-10-8-7-9-11-17/h7-15H,16H2,1-6H3,(H2,25,26,27,28,29). The third-order valence-corrected chi connectivity index (χ3v) is 3.68. The molecule has 0 bridgehead atoms. The molecule has 166 valence electrons. The van der Waals surface area contributed by atoms with Crippen molar-refractivity contribution < 1.29 is 19.1 Å². The molecule has 0 aliphatic carbocycles. The van der Waals surface area contributed by atoms with Crippen molar-refractivity contribution in [2.75, 3.05) is 5.32 Å². The van der Waals surface area contributed by atoms with Crippen LogP contribution in [0.2, 0.25) is 0 Å². The maximum absolute atomic E-state index is 12.2. The quantitative estimate of drug-likeness (QED) is 0.500. The van der Waals surface area contributed by atoms with Gasteiger partial charge in [-0.25, -0.2) is 9.59 Å². The van der Waals surface area contributed by atoms with E-state index in [1.165, 1.54) is 5.56 Å². The van der Waals surface area contributed by atoms with E-state index in [1.54, 1.807) is 41.5 Å². The highest BCUT2D eigenvalue weighted by Crippen LogP contribution is 2.14. The molecule has 0 spiro atoms. The van der Waals surface area contributed by atoms with Gasteiger partial charge in [-0.3, -0.25) is 5.32 Å². The fourth-order valence-electron chi connectivity index (χ4n) is 2.54. The molecule has 2 rings (SSSR count). The summed E-state index contributed by atoms with van der Waals surface area (Å²) in [6.45, 7) is 10.4. The minimum absolute atomic E-state index is 0.0840. The zero-order chi connectivity index (χ0) is 23.1. The van der Waals surface area contributed by atoms with Gasteiger partial charge in [-0.05, 0) is 71.2 Å². The lowest BCUT2D eigenvalue weighted by Crippen LogP contribution is -2.40. The van der Waals surface area contributed by atoms with Crippen LogP contribution in [0.15, 0.2) is 59.6 Å². The van der Waals surface area contributed by atoms with Crippen molar-refractivity contribution in [3.05, 3.63) is 65.7 Å². The Kier molecular flexibility index (Phi) is 7.80. The van der Waals surface area contributed by atoms with Gasteiger partial charge < -0.3 is 14.8 Å². The van der Waals surface area contributed by atoms with E-state index in [1.807, 2.05) is 42.5 Å². The number of hydrogen-bond acceptors (Lipinski definition) is 4. The third-order valence-electron chi connectivity index (χ3n) is 3.68. The van der Waals surface area contributed by atoms with E-state index in [0.717, 1.165) is 12.0 Å². The molecule has 0 heterocycles. The van der Waals surface area contributed by atoms with Crippen LogP contribution in [0, 0.1) is 0 Å². The van der Waals surface area contributed by atoms with Gasteiger partial charge in [0.25, 0.3) is 0 Å². The number of aliphatic imine (C=N–C) groups is 1. The number of benzene rings is 2. The van der Waals surface area contributed by atoms with Crippen LogP contribution < -0.4 is 10.6 Å². The van der Waals surface area contributed by atoms with Crippen LogP contribution in [-0.2, 0) is 15.9 Å². The van der Waals surface area contributed by atoms with Crippen molar-refractivity contribution in [1.82, 2.24) is 5.32 Å². The zero-order valence-corrected chi connectivity index (χ0v) is 19.0. The molecule has 0 saturated heterocycles. The van der Waals surface area contributed by atoms with E-state index in [9.17, 15) is 9.59 Å². The molecule has 7 heteroatoms. The first-order valence-corrected chi connectivity index (χ1v) is 10.1. The zero-order valence-electron chi connectivity index (χ0n) is 19.0. The number of hydrogen-bond donors (Lipinski definition) is 2. The van der Waals surface area contributed by atoms with Gasteiger partial charge in [0, 0.05) is 5.69 Å². The molecule has 2 aromatic rings. The van der Waals surface area contributed by atoms with Crippen LogP contribution in [-0.4, -0.2) is 29.3 Å². The number of anilines is 1. The smallest absolute Gasteiger partial charge is 0.437 e. The Balaban J connectivity index is 2.13. The number of nitrogens with one attached hydrogen (secondary N) is 2. The summed E-state index contributed by atoms with van der Waals surface area (Å²) in [4.78, 5) is 28.2. The fraction of sp³-hybridized carbons (Fsp3) is 0.375. The van der Waals surface area contributed by atoms with Crippen molar-refractivity contribution in [2.24, 2.45) is 4.99 Å². The Morgan fingerprint density at radius 2 is 1.35 bits per heavy atom. The average Bonchev–Trinajstić information content (AvgIpc) is 2.61. The molecule has 31 heavy (non-hydrogen) atoms. The highest BCUT2D eigenvalue weighted by molar-refractivity contribution is 6.06. The van der Waals surface area contributed by atoms with Crippen molar-refractivity contribution in [1.29, 1.82) is 0 Å². The molecule has 0 aliphatic rings. The SMILES string of the molecule is CC(C)(C)OC(=O)/N=C(\NC(=O)OC(C)(C)C)Nc1ccc(Cc2ccccc2)cc1. The van der Waals surface area contributed by atoms with E-state index in [2.05, 4.69) is 27.8 Å². The number of rotatable bonds is 3. The van der Waals surface area contributed by atoms with E-state index >= 15 is 0 Å². The number of amides is 2. The molecule has 0 fully saturated rings. The molecule has 0 atom stereocenters. The highest BCUT2D eigenvalue weighted by Gasteiger charge is 2.20. The summed E-state index contributed by atoms with van der Waals surface area (Å²) in [6.07, 6.45) is -0.759. The Morgan fingerprint density at radius 3 is 1.90 bits per heavy atom. The van der Waals surface area contributed by atoms with Gasteiger partial charge in [0.1, 0.15) is 11.2 Å². The van der Waals surface area contributed by atoms with Crippen molar-refractivity contribution in [2.45, 2.75) is 59.2 Å². The molecule has 2 N–H and O–H groups in total. The monoisotopic (exact) mass is 425 g/mol.